The molecule has 30 heavy (non-hydrogen) atoms. The number of phenolic OH excluding ortho intramolecular Hbond substituents is 1. The molecule has 8 heteroatoms. The quantitative estimate of drug-likeness (QED) is 0.635. The van der Waals surface area contributed by atoms with Crippen LogP contribution in [0.1, 0.15) is 17.0 Å². The number of phenols is 1. The van der Waals surface area contributed by atoms with Gasteiger partial charge in [-0.05, 0) is 42.0 Å². The number of esters is 1. The van der Waals surface area contributed by atoms with Crippen molar-refractivity contribution in [2.75, 3.05) is 26.1 Å². The molecule has 0 fully saturated rings. The number of hydrogen-bond donors (Lipinski definition) is 2. The van der Waals surface area contributed by atoms with E-state index in [9.17, 15) is 9.90 Å². The molecular formula is C22H18N2O6. The van der Waals surface area contributed by atoms with Crippen LogP contribution in [0.5, 0.6) is 17.2 Å². The molecule has 2 N–H and O–H groups in total. The van der Waals surface area contributed by atoms with Crippen molar-refractivity contribution in [1.29, 1.82) is 0 Å². The molecule has 2 aliphatic heterocycles. The van der Waals surface area contributed by atoms with Crippen LogP contribution < -0.4 is 14.8 Å². The molecule has 3 heterocycles. The van der Waals surface area contributed by atoms with E-state index in [4.69, 9.17) is 18.7 Å². The molecule has 2 aromatic carbocycles. The van der Waals surface area contributed by atoms with Crippen LogP contribution in [-0.2, 0) is 9.53 Å². The highest BCUT2D eigenvalue weighted by atomic mass is 16.5. The minimum atomic E-state index is -0.522. The van der Waals surface area contributed by atoms with Gasteiger partial charge in [0.1, 0.15) is 18.1 Å². The number of nitrogens with one attached hydrogen (secondary N) is 1. The Morgan fingerprint density at radius 1 is 1.13 bits per heavy atom. The van der Waals surface area contributed by atoms with E-state index in [-0.39, 0.29) is 12.4 Å². The van der Waals surface area contributed by atoms with Gasteiger partial charge in [-0.1, -0.05) is 11.2 Å². The number of carbonyl (C=O) groups is 1. The second kappa shape index (κ2) is 6.84. The van der Waals surface area contributed by atoms with Crippen molar-refractivity contribution in [3.8, 4) is 28.5 Å². The molecule has 2 aliphatic rings. The second-order valence-electron chi connectivity index (χ2n) is 6.96. The summed E-state index contributed by atoms with van der Waals surface area (Å²) in [4.78, 5) is 12.6. The first-order valence-electron chi connectivity index (χ1n) is 9.28. The lowest BCUT2D eigenvalue weighted by Crippen LogP contribution is -2.19. The molecule has 1 atom stereocenters. The van der Waals surface area contributed by atoms with Crippen LogP contribution in [0, 0.1) is 0 Å². The summed E-state index contributed by atoms with van der Waals surface area (Å²) in [6, 6.07) is 12.4. The van der Waals surface area contributed by atoms with Crippen molar-refractivity contribution in [1.82, 2.24) is 5.16 Å². The van der Waals surface area contributed by atoms with E-state index in [1.807, 2.05) is 24.3 Å². The second-order valence-corrected chi connectivity index (χ2v) is 6.96. The third-order valence-corrected chi connectivity index (χ3v) is 5.36. The number of carbonyl (C=O) groups excluding carboxylic acids is 1. The molecule has 3 aromatic rings. The highest BCUT2D eigenvalue weighted by molar-refractivity contribution is 5.97. The van der Waals surface area contributed by atoms with Crippen LogP contribution in [0.2, 0.25) is 0 Å². The Morgan fingerprint density at radius 2 is 1.93 bits per heavy atom. The van der Waals surface area contributed by atoms with Crippen LogP contribution in [0.15, 0.2) is 58.3 Å². The first kappa shape index (κ1) is 18.1. The number of anilines is 1. The van der Waals surface area contributed by atoms with Crippen LogP contribution in [-0.4, -0.2) is 37.1 Å². The van der Waals surface area contributed by atoms with Crippen molar-refractivity contribution < 1.29 is 28.6 Å². The van der Waals surface area contributed by atoms with Gasteiger partial charge in [-0.25, -0.2) is 4.79 Å². The first-order chi connectivity index (χ1) is 14.6. The summed E-state index contributed by atoms with van der Waals surface area (Å²) in [6.07, 6.45) is 0. The summed E-state index contributed by atoms with van der Waals surface area (Å²) in [5.74, 6) is 0.549. The van der Waals surface area contributed by atoms with Gasteiger partial charge in [0.15, 0.2) is 11.5 Å². The number of hydrogen-bond acceptors (Lipinski definition) is 8. The first-order valence-corrected chi connectivity index (χ1v) is 9.28. The maximum absolute atomic E-state index is 12.6. The maximum atomic E-state index is 12.6. The molecule has 0 saturated heterocycles. The van der Waals surface area contributed by atoms with Gasteiger partial charge in [-0.2, -0.15) is 0 Å². The van der Waals surface area contributed by atoms with Gasteiger partial charge >= 0.3 is 5.97 Å². The molecule has 5 rings (SSSR count). The van der Waals surface area contributed by atoms with Crippen LogP contribution in [0.3, 0.4) is 0 Å². The normalized spacial score (nSPS) is 17.1. The molecule has 0 aliphatic carbocycles. The molecule has 1 aromatic heterocycles. The lowest BCUT2D eigenvalue weighted by Gasteiger charge is -2.24. The van der Waals surface area contributed by atoms with Crippen LogP contribution in [0.4, 0.5) is 5.88 Å². The molecule has 1 unspecified atom stereocenters. The molecule has 0 spiro atoms. The Bertz CT molecular complexity index is 1180. The lowest BCUT2D eigenvalue weighted by atomic mass is 9.81. The summed E-state index contributed by atoms with van der Waals surface area (Å²) < 4.78 is 21.2. The monoisotopic (exact) mass is 406 g/mol. The topological polar surface area (TPSA) is 103 Å². The molecular weight excluding hydrogens is 388 g/mol. The summed E-state index contributed by atoms with van der Waals surface area (Å²) in [6.45, 7) is 0.130. The highest BCUT2D eigenvalue weighted by Crippen LogP contribution is 2.49. The number of nitrogens with zero attached hydrogens (tertiary/aromatic N) is 1. The van der Waals surface area contributed by atoms with Gasteiger partial charge in [0.2, 0.25) is 5.88 Å². The average Bonchev–Trinajstić information content (AvgIpc) is 3.36. The van der Waals surface area contributed by atoms with Crippen LogP contribution in [0.25, 0.3) is 11.3 Å². The van der Waals surface area contributed by atoms with Gasteiger partial charge in [0.25, 0.3) is 0 Å². The van der Waals surface area contributed by atoms with E-state index in [0.717, 1.165) is 11.3 Å². The van der Waals surface area contributed by atoms with Gasteiger partial charge in [0.05, 0.1) is 37.0 Å². The third kappa shape index (κ3) is 2.68. The van der Waals surface area contributed by atoms with Crippen LogP contribution >= 0.6 is 0 Å². The third-order valence-electron chi connectivity index (χ3n) is 5.36. The molecule has 8 nitrogen and oxygen atoms in total. The summed E-state index contributed by atoms with van der Waals surface area (Å²) >= 11 is 0. The zero-order valence-corrected chi connectivity index (χ0v) is 16.3. The van der Waals surface area contributed by atoms with Gasteiger partial charge < -0.3 is 29.2 Å². The molecule has 0 radical (unpaired) electrons. The van der Waals surface area contributed by atoms with E-state index < -0.39 is 11.9 Å². The summed E-state index contributed by atoms with van der Waals surface area (Å²) in [7, 11) is 3.08. The Balaban J connectivity index is 1.69. The minimum Gasteiger partial charge on any atom is -0.504 e. The Morgan fingerprint density at radius 3 is 2.63 bits per heavy atom. The Labute approximate surface area is 171 Å². The predicted molar refractivity (Wildman–Crippen MR) is 107 cm³/mol. The zero-order chi connectivity index (χ0) is 20.8. The summed E-state index contributed by atoms with van der Waals surface area (Å²) in [5.41, 5.74) is 3.89. The molecule has 0 amide bonds. The van der Waals surface area contributed by atoms with Crippen molar-refractivity contribution in [3.05, 3.63) is 64.9 Å². The van der Waals surface area contributed by atoms with Crippen molar-refractivity contribution in [3.63, 3.8) is 0 Å². The average molecular weight is 406 g/mol. The fourth-order valence-corrected chi connectivity index (χ4v) is 3.93. The smallest absolute Gasteiger partial charge is 0.337 e. The van der Waals surface area contributed by atoms with Gasteiger partial charge in [-0.3, -0.25) is 0 Å². The Hall–Kier alpha value is -3.94. The number of methoxy groups -OCH3 is 2. The molecule has 0 saturated carbocycles. The number of rotatable bonds is 4. The number of fused-ring (bicyclic) bond motifs is 1. The van der Waals surface area contributed by atoms with Crippen molar-refractivity contribution in [2.45, 2.75) is 5.92 Å². The fourth-order valence-electron chi connectivity index (χ4n) is 3.93. The predicted octanol–water partition coefficient (Wildman–Crippen LogP) is 3.43. The SMILES string of the molecule is COc1ccc(-c2noc3c2C(c2ccc(OC)c(O)c2)C2=C(COC2=O)N3)cc1. The van der Waals surface area contributed by atoms with E-state index in [0.29, 0.717) is 39.7 Å². The highest BCUT2D eigenvalue weighted by Gasteiger charge is 2.42. The number of aromatic nitrogens is 1. The van der Waals surface area contributed by atoms with E-state index in [1.165, 1.54) is 7.11 Å². The van der Waals surface area contributed by atoms with Gasteiger partial charge in [0, 0.05) is 5.56 Å². The molecule has 152 valence electrons. The molecule has 0 bridgehead atoms. The Kier molecular flexibility index (Phi) is 4.13. The summed E-state index contributed by atoms with van der Waals surface area (Å²) in [5, 5.41) is 17.7. The lowest BCUT2D eigenvalue weighted by molar-refractivity contribution is -0.136. The fraction of sp³-hybridized carbons (Fsp3) is 0.182. The number of cyclic esters (lactones) is 1. The standard InChI is InChI=1S/C22H18N2O6/c1-27-13-6-3-11(4-7-13)20-19-17(12-5-8-16(28-2)15(25)9-12)18-14(10-29-22(18)26)23-21(19)30-24-20/h3-9,17,23,25H,10H2,1-2H3. The number of ether oxygens (including phenoxy) is 3. The largest absolute Gasteiger partial charge is 0.504 e. The van der Waals surface area contributed by atoms with Gasteiger partial charge in [-0.15, -0.1) is 0 Å². The van der Waals surface area contributed by atoms with Crippen molar-refractivity contribution >= 4 is 11.9 Å². The van der Waals surface area contributed by atoms with E-state index in [2.05, 4.69) is 10.5 Å². The maximum Gasteiger partial charge on any atom is 0.337 e. The van der Waals surface area contributed by atoms with Crippen molar-refractivity contribution in [2.24, 2.45) is 0 Å². The van der Waals surface area contributed by atoms with E-state index >= 15 is 0 Å². The van der Waals surface area contributed by atoms with E-state index in [1.54, 1.807) is 25.3 Å². The number of aromatic hydroxyl groups is 1. The zero-order valence-electron chi connectivity index (χ0n) is 16.3. The number of benzene rings is 2. The minimum absolute atomic E-state index is 0.0222.